The summed E-state index contributed by atoms with van der Waals surface area (Å²) in [5.74, 6) is 0. The van der Waals surface area contributed by atoms with Crippen LogP contribution in [-0.4, -0.2) is 41.9 Å². The van der Waals surface area contributed by atoms with Crippen LogP contribution in [0, 0.1) is 0 Å². The number of carbonyl (C=O) groups excluding carboxylic acids is 1. The Morgan fingerprint density at radius 2 is 2.06 bits per heavy atom. The van der Waals surface area contributed by atoms with Gasteiger partial charge in [0.2, 0.25) is 0 Å². The molecule has 4 heteroatoms. The third kappa shape index (κ3) is 4.16. The van der Waals surface area contributed by atoms with E-state index in [2.05, 4.69) is 13.8 Å². The summed E-state index contributed by atoms with van der Waals surface area (Å²) in [5, 5.41) is 0. The summed E-state index contributed by atoms with van der Waals surface area (Å²) in [5.41, 5.74) is -0.612. The van der Waals surface area contributed by atoms with Gasteiger partial charge >= 0.3 is 6.09 Å². The van der Waals surface area contributed by atoms with Crippen molar-refractivity contribution in [2.24, 2.45) is 0 Å². The molecular weight excluding hydrogens is 230 g/mol. The molecule has 1 fully saturated rings. The van der Waals surface area contributed by atoms with E-state index in [1.807, 2.05) is 20.8 Å². The lowest BCUT2D eigenvalue weighted by atomic mass is 9.93. The minimum absolute atomic E-state index is 0.177. The number of hydrogen-bond acceptors (Lipinski definition) is 3. The van der Waals surface area contributed by atoms with Crippen LogP contribution >= 0.6 is 0 Å². The van der Waals surface area contributed by atoms with Crippen LogP contribution in [0.5, 0.6) is 0 Å². The minimum Gasteiger partial charge on any atom is -0.444 e. The van der Waals surface area contributed by atoms with Crippen molar-refractivity contribution in [3.8, 4) is 0 Å². The number of carbonyl (C=O) groups is 1. The molecule has 4 nitrogen and oxygen atoms in total. The molecule has 0 radical (unpaired) electrons. The van der Waals surface area contributed by atoms with Crippen LogP contribution < -0.4 is 0 Å². The number of rotatable bonds is 3. The lowest BCUT2D eigenvalue weighted by molar-refractivity contribution is -0.114. The Morgan fingerprint density at radius 3 is 2.56 bits per heavy atom. The molecule has 1 rings (SSSR count). The second kappa shape index (κ2) is 5.91. The highest BCUT2D eigenvalue weighted by atomic mass is 16.6. The standard InChI is InChI=1S/C14H27NO3/c1-6-8-14(7-2)11-15(9-10-17-14)12(16)18-13(3,4)5/h6-11H2,1-5H3. The molecule has 1 saturated heterocycles. The van der Waals surface area contributed by atoms with Crippen LogP contribution in [0.15, 0.2) is 0 Å². The third-order valence-corrected chi connectivity index (χ3v) is 3.25. The predicted octanol–water partition coefficient (Wildman–Crippen LogP) is 3.20. The normalized spacial score (nSPS) is 25.1. The molecule has 1 aliphatic rings. The SMILES string of the molecule is CCCC1(CC)CN(C(=O)OC(C)(C)C)CCO1. The Bertz CT molecular complexity index is 281. The summed E-state index contributed by atoms with van der Waals surface area (Å²) in [7, 11) is 0. The van der Waals surface area contributed by atoms with Gasteiger partial charge in [0, 0.05) is 6.54 Å². The Labute approximate surface area is 111 Å². The zero-order chi connectivity index (χ0) is 13.8. The zero-order valence-corrected chi connectivity index (χ0v) is 12.4. The molecule has 1 amide bonds. The van der Waals surface area contributed by atoms with Crippen LogP contribution in [0.4, 0.5) is 4.79 Å². The van der Waals surface area contributed by atoms with E-state index in [-0.39, 0.29) is 11.7 Å². The summed E-state index contributed by atoms with van der Waals surface area (Å²) in [4.78, 5) is 13.9. The van der Waals surface area contributed by atoms with Gasteiger partial charge in [-0.3, -0.25) is 0 Å². The van der Waals surface area contributed by atoms with E-state index in [0.29, 0.717) is 19.7 Å². The summed E-state index contributed by atoms with van der Waals surface area (Å²) in [6.07, 6.45) is 2.76. The van der Waals surface area contributed by atoms with E-state index in [1.54, 1.807) is 4.90 Å². The maximum atomic E-state index is 12.1. The number of hydrogen-bond donors (Lipinski definition) is 0. The van der Waals surface area contributed by atoms with E-state index < -0.39 is 5.60 Å². The number of amides is 1. The summed E-state index contributed by atoms with van der Waals surface area (Å²) >= 11 is 0. The Morgan fingerprint density at radius 1 is 1.39 bits per heavy atom. The maximum Gasteiger partial charge on any atom is 0.410 e. The van der Waals surface area contributed by atoms with Gasteiger partial charge in [-0.1, -0.05) is 20.3 Å². The summed E-state index contributed by atoms with van der Waals surface area (Å²) in [6, 6.07) is 0. The number of nitrogens with zero attached hydrogens (tertiary/aromatic N) is 1. The van der Waals surface area contributed by atoms with Gasteiger partial charge < -0.3 is 14.4 Å². The largest absolute Gasteiger partial charge is 0.444 e. The predicted molar refractivity (Wildman–Crippen MR) is 71.7 cm³/mol. The molecule has 1 atom stereocenters. The highest BCUT2D eigenvalue weighted by Crippen LogP contribution is 2.27. The monoisotopic (exact) mass is 257 g/mol. The molecule has 1 unspecified atom stereocenters. The Hall–Kier alpha value is -0.770. The van der Waals surface area contributed by atoms with Crippen molar-refractivity contribution in [1.82, 2.24) is 4.90 Å². The van der Waals surface area contributed by atoms with Crippen molar-refractivity contribution in [1.29, 1.82) is 0 Å². The smallest absolute Gasteiger partial charge is 0.410 e. The lowest BCUT2D eigenvalue weighted by Gasteiger charge is -2.42. The third-order valence-electron chi connectivity index (χ3n) is 3.25. The molecule has 1 aliphatic heterocycles. The van der Waals surface area contributed by atoms with Crippen LogP contribution in [0.1, 0.15) is 53.9 Å². The molecule has 0 saturated carbocycles. The van der Waals surface area contributed by atoms with Crippen molar-refractivity contribution < 1.29 is 14.3 Å². The topological polar surface area (TPSA) is 38.8 Å². The van der Waals surface area contributed by atoms with Crippen molar-refractivity contribution in [3.05, 3.63) is 0 Å². The van der Waals surface area contributed by atoms with Gasteiger partial charge in [-0.05, 0) is 33.6 Å². The van der Waals surface area contributed by atoms with Crippen molar-refractivity contribution >= 4 is 6.09 Å². The van der Waals surface area contributed by atoms with Gasteiger partial charge in [0.15, 0.2) is 0 Å². The van der Waals surface area contributed by atoms with Gasteiger partial charge in [0.1, 0.15) is 5.60 Å². The van der Waals surface area contributed by atoms with E-state index in [9.17, 15) is 4.79 Å². The van der Waals surface area contributed by atoms with E-state index in [4.69, 9.17) is 9.47 Å². The molecule has 0 bridgehead atoms. The van der Waals surface area contributed by atoms with E-state index in [1.165, 1.54) is 0 Å². The Kier molecular flexibility index (Phi) is 5.02. The first-order chi connectivity index (χ1) is 8.32. The second-order valence-corrected chi connectivity index (χ2v) is 6.04. The molecule has 18 heavy (non-hydrogen) atoms. The quantitative estimate of drug-likeness (QED) is 0.779. The highest BCUT2D eigenvalue weighted by Gasteiger charge is 2.37. The fourth-order valence-electron chi connectivity index (χ4n) is 2.32. The van der Waals surface area contributed by atoms with Gasteiger partial charge in [0.25, 0.3) is 0 Å². The molecule has 0 aliphatic carbocycles. The van der Waals surface area contributed by atoms with Gasteiger partial charge in [-0.25, -0.2) is 4.79 Å². The molecule has 106 valence electrons. The number of morpholine rings is 1. The molecule has 0 aromatic carbocycles. The van der Waals surface area contributed by atoms with Crippen molar-refractivity contribution in [2.75, 3.05) is 19.7 Å². The fourth-order valence-corrected chi connectivity index (χ4v) is 2.32. The zero-order valence-electron chi connectivity index (χ0n) is 12.4. The second-order valence-electron chi connectivity index (χ2n) is 6.04. The first-order valence-corrected chi connectivity index (χ1v) is 6.94. The fraction of sp³-hybridized carbons (Fsp3) is 0.929. The van der Waals surface area contributed by atoms with Gasteiger partial charge in [-0.2, -0.15) is 0 Å². The van der Waals surface area contributed by atoms with Crippen LogP contribution in [0.3, 0.4) is 0 Å². The molecule has 0 N–H and O–H groups in total. The average Bonchev–Trinajstić information content (AvgIpc) is 2.27. The van der Waals surface area contributed by atoms with Crippen molar-refractivity contribution in [3.63, 3.8) is 0 Å². The van der Waals surface area contributed by atoms with Gasteiger partial charge in [0.05, 0.1) is 18.8 Å². The first-order valence-electron chi connectivity index (χ1n) is 6.94. The summed E-state index contributed by atoms with van der Waals surface area (Å²) in [6.45, 7) is 11.8. The molecule has 0 aromatic heterocycles. The average molecular weight is 257 g/mol. The minimum atomic E-state index is -0.435. The maximum absolute atomic E-state index is 12.1. The Balaban J connectivity index is 2.65. The molecular formula is C14H27NO3. The summed E-state index contributed by atoms with van der Waals surface area (Å²) < 4.78 is 11.3. The van der Waals surface area contributed by atoms with Crippen LogP contribution in [0.2, 0.25) is 0 Å². The molecule has 0 spiro atoms. The lowest BCUT2D eigenvalue weighted by Crippen LogP contribution is -2.54. The highest BCUT2D eigenvalue weighted by molar-refractivity contribution is 5.68. The molecule has 1 heterocycles. The van der Waals surface area contributed by atoms with Crippen LogP contribution in [0.25, 0.3) is 0 Å². The van der Waals surface area contributed by atoms with E-state index >= 15 is 0 Å². The molecule has 0 aromatic rings. The first kappa shape index (κ1) is 15.3. The number of ether oxygens (including phenoxy) is 2. The van der Waals surface area contributed by atoms with Crippen molar-refractivity contribution in [2.45, 2.75) is 65.1 Å². The van der Waals surface area contributed by atoms with Crippen LogP contribution in [-0.2, 0) is 9.47 Å². The van der Waals surface area contributed by atoms with E-state index in [0.717, 1.165) is 19.3 Å². The van der Waals surface area contributed by atoms with Gasteiger partial charge in [-0.15, -0.1) is 0 Å².